The molecule has 0 atom stereocenters. The van der Waals surface area contributed by atoms with Crippen LogP contribution in [-0.2, 0) is 6.54 Å². The minimum atomic E-state index is 0.135. The summed E-state index contributed by atoms with van der Waals surface area (Å²) >= 11 is 3.50. The number of aliphatic hydroxyl groups excluding tert-OH is 1. The Balaban J connectivity index is 2.81. The molecule has 1 rings (SSSR count). The van der Waals surface area contributed by atoms with E-state index < -0.39 is 0 Å². The first-order valence-corrected chi connectivity index (χ1v) is 6.83. The number of aliphatic hydroxyl groups is 1. The van der Waals surface area contributed by atoms with E-state index in [0.29, 0.717) is 19.7 Å². The van der Waals surface area contributed by atoms with Crippen molar-refractivity contribution in [3.8, 4) is 11.5 Å². The highest BCUT2D eigenvalue weighted by Gasteiger charge is 2.11. The normalized spacial score (nSPS) is 10.4. The maximum atomic E-state index is 8.72. The summed E-state index contributed by atoms with van der Waals surface area (Å²) in [4.78, 5) is 0. The Morgan fingerprint density at radius 3 is 2.78 bits per heavy atom. The average Bonchev–Trinajstić information content (AvgIpc) is 2.37. The van der Waals surface area contributed by atoms with E-state index in [1.807, 2.05) is 12.1 Å². The maximum absolute atomic E-state index is 8.72. The summed E-state index contributed by atoms with van der Waals surface area (Å²) in [5.41, 5.74) is 1.08. The Kier molecular flexibility index (Phi) is 7.08. The number of nitrogens with one attached hydrogen (secondary N) is 1. The number of hydrogen-bond acceptors (Lipinski definition) is 4. The molecular weight excluding hydrogens is 298 g/mol. The molecule has 4 nitrogen and oxygen atoms in total. The molecule has 0 amide bonds. The van der Waals surface area contributed by atoms with Crippen molar-refractivity contribution in [1.29, 1.82) is 0 Å². The molecule has 0 aromatic heterocycles. The Morgan fingerprint density at radius 1 is 1.39 bits per heavy atom. The number of rotatable bonds is 8. The molecule has 0 saturated carbocycles. The van der Waals surface area contributed by atoms with Gasteiger partial charge in [-0.2, -0.15) is 0 Å². The fraction of sp³-hybridized carbons (Fsp3) is 0.538. The first kappa shape index (κ1) is 15.3. The first-order valence-electron chi connectivity index (χ1n) is 6.03. The second-order valence-electron chi connectivity index (χ2n) is 3.86. The Bertz CT molecular complexity index is 371. The van der Waals surface area contributed by atoms with E-state index in [1.165, 1.54) is 0 Å². The quantitative estimate of drug-likeness (QED) is 0.723. The summed E-state index contributed by atoms with van der Waals surface area (Å²) < 4.78 is 11.9. The monoisotopic (exact) mass is 317 g/mol. The zero-order chi connectivity index (χ0) is 13.4. The number of ether oxygens (including phenoxy) is 2. The van der Waals surface area contributed by atoms with Crippen molar-refractivity contribution >= 4 is 15.9 Å². The molecule has 0 aliphatic heterocycles. The number of benzene rings is 1. The van der Waals surface area contributed by atoms with Crippen molar-refractivity contribution in [2.75, 3.05) is 26.9 Å². The van der Waals surface area contributed by atoms with E-state index in [4.69, 9.17) is 14.6 Å². The van der Waals surface area contributed by atoms with Crippen molar-refractivity contribution in [2.45, 2.75) is 19.9 Å². The van der Waals surface area contributed by atoms with Gasteiger partial charge in [-0.15, -0.1) is 0 Å². The van der Waals surface area contributed by atoms with E-state index in [2.05, 4.69) is 28.2 Å². The van der Waals surface area contributed by atoms with Crippen LogP contribution in [0.1, 0.15) is 18.9 Å². The van der Waals surface area contributed by atoms with Crippen molar-refractivity contribution in [3.63, 3.8) is 0 Å². The van der Waals surface area contributed by atoms with Gasteiger partial charge in [-0.05, 0) is 40.0 Å². The predicted molar refractivity (Wildman–Crippen MR) is 75.3 cm³/mol. The molecule has 18 heavy (non-hydrogen) atoms. The Hall–Kier alpha value is -0.780. The lowest BCUT2D eigenvalue weighted by molar-refractivity contribution is 0.290. The van der Waals surface area contributed by atoms with Crippen LogP contribution in [-0.4, -0.2) is 32.0 Å². The van der Waals surface area contributed by atoms with E-state index in [0.717, 1.165) is 28.0 Å². The summed E-state index contributed by atoms with van der Waals surface area (Å²) in [6.45, 7) is 4.12. The van der Waals surface area contributed by atoms with Crippen molar-refractivity contribution < 1.29 is 14.6 Å². The Labute approximate surface area is 116 Å². The highest BCUT2D eigenvalue weighted by Crippen LogP contribution is 2.36. The molecule has 102 valence electrons. The third-order valence-electron chi connectivity index (χ3n) is 2.36. The van der Waals surface area contributed by atoms with Crippen LogP contribution in [0.25, 0.3) is 0 Å². The number of halogens is 1. The zero-order valence-electron chi connectivity index (χ0n) is 10.8. The fourth-order valence-electron chi connectivity index (χ4n) is 1.53. The van der Waals surface area contributed by atoms with Gasteiger partial charge in [-0.25, -0.2) is 0 Å². The van der Waals surface area contributed by atoms with Crippen molar-refractivity contribution in [2.24, 2.45) is 0 Å². The van der Waals surface area contributed by atoms with Gasteiger partial charge in [0.25, 0.3) is 0 Å². The van der Waals surface area contributed by atoms with Crippen LogP contribution in [0, 0.1) is 0 Å². The number of hydrogen-bond donors (Lipinski definition) is 2. The average molecular weight is 318 g/mol. The van der Waals surface area contributed by atoms with Gasteiger partial charge in [0.15, 0.2) is 11.5 Å². The molecule has 0 saturated heterocycles. The van der Waals surface area contributed by atoms with E-state index >= 15 is 0 Å². The molecule has 2 N–H and O–H groups in total. The van der Waals surface area contributed by atoms with E-state index in [1.54, 1.807) is 7.11 Å². The molecule has 1 aromatic carbocycles. The van der Waals surface area contributed by atoms with E-state index in [9.17, 15) is 0 Å². The standard InChI is InChI=1S/C13H20BrNO3/c1-3-6-18-13-11(14)7-10(8-12(13)17-2)9-15-4-5-16/h7-8,15-16H,3-6,9H2,1-2H3. The zero-order valence-corrected chi connectivity index (χ0v) is 12.4. The SMILES string of the molecule is CCCOc1c(Br)cc(CNCCO)cc1OC. The van der Waals surface area contributed by atoms with Crippen molar-refractivity contribution in [1.82, 2.24) is 5.32 Å². The van der Waals surface area contributed by atoms with Gasteiger partial charge < -0.3 is 19.9 Å². The molecule has 0 unspecified atom stereocenters. The summed E-state index contributed by atoms with van der Waals surface area (Å²) in [5, 5.41) is 11.8. The van der Waals surface area contributed by atoms with Crippen LogP contribution < -0.4 is 14.8 Å². The van der Waals surface area contributed by atoms with Crippen LogP contribution in [0.2, 0.25) is 0 Å². The molecule has 0 bridgehead atoms. The minimum absolute atomic E-state index is 0.135. The maximum Gasteiger partial charge on any atom is 0.175 e. The van der Waals surface area contributed by atoms with Gasteiger partial charge in [0, 0.05) is 13.1 Å². The lowest BCUT2D eigenvalue weighted by atomic mass is 10.2. The van der Waals surface area contributed by atoms with Gasteiger partial charge in [-0.1, -0.05) is 6.92 Å². The van der Waals surface area contributed by atoms with E-state index in [-0.39, 0.29) is 6.61 Å². The second-order valence-corrected chi connectivity index (χ2v) is 4.71. The molecule has 0 radical (unpaired) electrons. The molecule has 1 aromatic rings. The van der Waals surface area contributed by atoms with Crippen LogP contribution >= 0.6 is 15.9 Å². The molecule has 0 aliphatic carbocycles. The second kappa shape index (κ2) is 8.34. The molecular formula is C13H20BrNO3. The van der Waals surface area contributed by atoms with Gasteiger partial charge in [-0.3, -0.25) is 0 Å². The summed E-state index contributed by atoms with van der Waals surface area (Å²) in [7, 11) is 1.63. The fourth-order valence-corrected chi connectivity index (χ4v) is 2.14. The number of methoxy groups -OCH3 is 1. The topological polar surface area (TPSA) is 50.7 Å². The largest absolute Gasteiger partial charge is 0.493 e. The summed E-state index contributed by atoms with van der Waals surface area (Å²) in [6.07, 6.45) is 0.954. The third kappa shape index (κ3) is 4.48. The minimum Gasteiger partial charge on any atom is -0.493 e. The lowest BCUT2D eigenvalue weighted by Crippen LogP contribution is -2.17. The highest BCUT2D eigenvalue weighted by atomic mass is 79.9. The highest BCUT2D eigenvalue weighted by molar-refractivity contribution is 9.10. The van der Waals surface area contributed by atoms with Crippen molar-refractivity contribution in [3.05, 3.63) is 22.2 Å². The summed E-state index contributed by atoms with van der Waals surface area (Å²) in [5.74, 6) is 1.46. The van der Waals surface area contributed by atoms with Crippen LogP contribution in [0.4, 0.5) is 0 Å². The lowest BCUT2D eigenvalue weighted by Gasteiger charge is -2.14. The molecule has 0 aliphatic rings. The molecule has 0 heterocycles. The smallest absolute Gasteiger partial charge is 0.175 e. The molecule has 0 spiro atoms. The Morgan fingerprint density at radius 2 is 2.17 bits per heavy atom. The summed E-state index contributed by atoms with van der Waals surface area (Å²) in [6, 6.07) is 3.94. The predicted octanol–water partition coefficient (Wildman–Crippen LogP) is 2.33. The van der Waals surface area contributed by atoms with Gasteiger partial charge in [0.05, 0.1) is 24.8 Å². The van der Waals surface area contributed by atoms with Crippen LogP contribution in [0.5, 0.6) is 11.5 Å². The van der Waals surface area contributed by atoms with Crippen LogP contribution in [0.3, 0.4) is 0 Å². The van der Waals surface area contributed by atoms with Gasteiger partial charge >= 0.3 is 0 Å². The third-order valence-corrected chi connectivity index (χ3v) is 2.95. The van der Waals surface area contributed by atoms with Crippen LogP contribution in [0.15, 0.2) is 16.6 Å². The van der Waals surface area contributed by atoms with Gasteiger partial charge in [0.1, 0.15) is 0 Å². The molecule has 5 heteroatoms. The first-order chi connectivity index (χ1) is 8.72. The van der Waals surface area contributed by atoms with Gasteiger partial charge in [0.2, 0.25) is 0 Å². The molecule has 0 fully saturated rings.